The van der Waals surface area contributed by atoms with E-state index in [1.807, 2.05) is 13.8 Å². The van der Waals surface area contributed by atoms with Crippen molar-refractivity contribution >= 4 is 23.4 Å². The molecule has 1 saturated heterocycles. The Morgan fingerprint density at radius 2 is 1.96 bits per heavy atom. The lowest BCUT2D eigenvalue weighted by atomic mass is 10.1. The minimum Gasteiger partial charge on any atom is -0.341 e. The molecule has 0 saturated carbocycles. The molecule has 0 aliphatic carbocycles. The van der Waals surface area contributed by atoms with Crippen molar-refractivity contribution in [2.24, 2.45) is 0 Å². The van der Waals surface area contributed by atoms with E-state index in [1.54, 1.807) is 9.80 Å². The van der Waals surface area contributed by atoms with Crippen LogP contribution < -0.4 is 5.32 Å². The Bertz CT molecular complexity index is 674. The standard InChI is InChI=1S/C18H24FN3O3/c1-4-21(5-2)18(25)16-7-6-10-22(16)17(24)13-8-9-14(19)15(11-13)20-12(3)23/h8-9,11,16H,4-7,10H2,1-3H3,(H,20,23)/t16-/m0/s1. The fourth-order valence-corrected chi connectivity index (χ4v) is 3.12. The Balaban J connectivity index is 2.24. The van der Waals surface area contributed by atoms with Crippen LogP contribution in [0.1, 0.15) is 44.0 Å². The summed E-state index contributed by atoms with van der Waals surface area (Å²) in [7, 11) is 0. The van der Waals surface area contributed by atoms with Crippen LogP contribution >= 0.6 is 0 Å². The summed E-state index contributed by atoms with van der Waals surface area (Å²) in [5, 5.41) is 2.37. The highest BCUT2D eigenvalue weighted by Gasteiger charge is 2.36. The number of nitrogens with one attached hydrogen (secondary N) is 1. The van der Waals surface area contributed by atoms with Crippen molar-refractivity contribution in [1.29, 1.82) is 0 Å². The number of carbonyl (C=O) groups excluding carboxylic acids is 3. The van der Waals surface area contributed by atoms with Crippen molar-refractivity contribution in [3.05, 3.63) is 29.6 Å². The lowest BCUT2D eigenvalue weighted by molar-refractivity contribution is -0.134. The van der Waals surface area contributed by atoms with Gasteiger partial charge < -0.3 is 15.1 Å². The van der Waals surface area contributed by atoms with Gasteiger partial charge in [0.2, 0.25) is 11.8 Å². The molecule has 1 fully saturated rings. The average Bonchev–Trinajstić information content (AvgIpc) is 3.06. The summed E-state index contributed by atoms with van der Waals surface area (Å²) >= 11 is 0. The predicted octanol–water partition coefficient (Wildman–Crippen LogP) is 2.26. The van der Waals surface area contributed by atoms with Crippen LogP contribution in [-0.4, -0.2) is 53.2 Å². The van der Waals surface area contributed by atoms with E-state index < -0.39 is 17.8 Å². The number of rotatable bonds is 5. The number of hydrogen-bond donors (Lipinski definition) is 1. The first kappa shape index (κ1) is 18.9. The Kier molecular flexibility index (Phi) is 6.12. The Hall–Kier alpha value is -2.44. The molecule has 0 radical (unpaired) electrons. The van der Waals surface area contributed by atoms with Gasteiger partial charge in [-0.1, -0.05) is 0 Å². The van der Waals surface area contributed by atoms with Gasteiger partial charge in [-0.05, 0) is 44.9 Å². The van der Waals surface area contributed by atoms with E-state index in [0.717, 1.165) is 12.5 Å². The van der Waals surface area contributed by atoms with E-state index in [-0.39, 0.29) is 23.1 Å². The molecular weight excluding hydrogens is 325 g/mol. The van der Waals surface area contributed by atoms with Gasteiger partial charge in [-0.25, -0.2) is 4.39 Å². The summed E-state index contributed by atoms with van der Waals surface area (Å²) in [6.07, 6.45) is 1.38. The Morgan fingerprint density at radius 1 is 1.28 bits per heavy atom. The topological polar surface area (TPSA) is 69.7 Å². The number of nitrogens with zero attached hydrogens (tertiary/aromatic N) is 2. The van der Waals surface area contributed by atoms with Crippen molar-refractivity contribution in [1.82, 2.24) is 9.80 Å². The minimum atomic E-state index is -0.607. The molecule has 1 N–H and O–H groups in total. The van der Waals surface area contributed by atoms with Gasteiger partial charge in [-0.15, -0.1) is 0 Å². The van der Waals surface area contributed by atoms with Crippen molar-refractivity contribution in [2.45, 2.75) is 39.7 Å². The van der Waals surface area contributed by atoms with Gasteiger partial charge >= 0.3 is 0 Å². The molecule has 136 valence electrons. The van der Waals surface area contributed by atoms with Gasteiger partial charge in [-0.2, -0.15) is 0 Å². The number of likely N-dealkylation sites (N-methyl/N-ethyl adjacent to an activating group) is 1. The van der Waals surface area contributed by atoms with E-state index in [9.17, 15) is 18.8 Å². The zero-order valence-corrected chi connectivity index (χ0v) is 14.8. The fraction of sp³-hybridized carbons (Fsp3) is 0.500. The highest BCUT2D eigenvalue weighted by molar-refractivity contribution is 5.99. The lowest BCUT2D eigenvalue weighted by Gasteiger charge is -2.29. The maximum Gasteiger partial charge on any atom is 0.254 e. The molecule has 3 amide bonds. The van der Waals surface area contributed by atoms with Crippen LogP contribution in [0.15, 0.2) is 18.2 Å². The molecule has 0 bridgehead atoms. The number of benzene rings is 1. The fourth-order valence-electron chi connectivity index (χ4n) is 3.12. The molecule has 25 heavy (non-hydrogen) atoms. The molecule has 1 aromatic rings. The van der Waals surface area contributed by atoms with Crippen LogP contribution in [-0.2, 0) is 9.59 Å². The van der Waals surface area contributed by atoms with Crippen LogP contribution in [0.2, 0.25) is 0 Å². The van der Waals surface area contributed by atoms with E-state index in [4.69, 9.17) is 0 Å². The third-order valence-electron chi connectivity index (χ3n) is 4.40. The number of halogens is 1. The van der Waals surface area contributed by atoms with Crippen LogP contribution in [0, 0.1) is 5.82 Å². The normalized spacial score (nSPS) is 16.6. The SMILES string of the molecule is CCN(CC)C(=O)[C@@H]1CCCN1C(=O)c1ccc(F)c(NC(C)=O)c1. The Morgan fingerprint density at radius 3 is 2.56 bits per heavy atom. The van der Waals surface area contributed by atoms with E-state index in [1.165, 1.54) is 19.1 Å². The molecule has 0 spiro atoms. The first-order valence-corrected chi connectivity index (χ1v) is 8.55. The number of likely N-dealkylation sites (tertiary alicyclic amines) is 1. The van der Waals surface area contributed by atoms with Gasteiger partial charge in [-0.3, -0.25) is 14.4 Å². The van der Waals surface area contributed by atoms with Gasteiger partial charge in [0.05, 0.1) is 5.69 Å². The summed E-state index contributed by atoms with van der Waals surface area (Å²) in [5.74, 6) is -1.40. The maximum atomic E-state index is 13.8. The number of hydrogen-bond acceptors (Lipinski definition) is 3. The van der Waals surface area contributed by atoms with Crippen molar-refractivity contribution in [3.8, 4) is 0 Å². The summed E-state index contributed by atoms with van der Waals surface area (Å²) in [5.41, 5.74) is 0.216. The highest BCUT2D eigenvalue weighted by atomic mass is 19.1. The largest absolute Gasteiger partial charge is 0.341 e. The number of anilines is 1. The van der Waals surface area contributed by atoms with Crippen LogP contribution in [0.3, 0.4) is 0 Å². The first-order chi connectivity index (χ1) is 11.9. The third kappa shape index (κ3) is 4.15. The molecule has 2 rings (SSSR count). The second-order valence-corrected chi connectivity index (χ2v) is 6.04. The van der Waals surface area contributed by atoms with Gasteiger partial charge in [0.15, 0.2) is 0 Å². The monoisotopic (exact) mass is 349 g/mol. The number of amides is 3. The quantitative estimate of drug-likeness (QED) is 0.886. The lowest BCUT2D eigenvalue weighted by Crippen LogP contribution is -2.47. The predicted molar refractivity (Wildman–Crippen MR) is 92.7 cm³/mol. The van der Waals surface area contributed by atoms with Crippen molar-refractivity contribution in [2.75, 3.05) is 25.0 Å². The molecule has 1 aliphatic heterocycles. The molecular formula is C18H24FN3O3. The molecule has 1 aromatic carbocycles. The summed E-state index contributed by atoms with van der Waals surface area (Å²) in [6, 6.07) is 3.36. The van der Waals surface area contributed by atoms with Gasteiger partial charge in [0.25, 0.3) is 5.91 Å². The van der Waals surface area contributed by atoms with E-state index >= 15 is 0 Å². The minimum absolute atomic E-state index is 0.0378. The summed E-state index contributed by atoms with van der Waals surface area (Å²) in [6.45, 7) is 6.76. The molecule has 1 atom stereocenters. The summed E-state index contributed by atoms with van der Waals surface area (Å²) in [4.78, 5) is 39.9. The smallest absolute Gasteiger partial charge is 0.254 e. The van der Waals surface area contributed by atoms with Gasteiger partial charge in [0, 0.05) is 32.1 Å². The molecule has 1 heterocycles. The van der Waals surface area contributed by atoms with E-state index in [0.29, 0.717) is 26.1 Å². The zero-order valence-electron chi connectivity index (χ0n) is 14.8. The molecule has 1 aliphatic rings. The van der Waals surface area contributed by atoms with Crippen LogP contribution in [0.25, 0.3) is 0 Å². The highest BCUT2D eigenvalue weighted by Crippen LogP contribution is 2.24. The number of carbonyl (C=O) groups is 3. The maximum absolute atomic E-state index is 13.8. The second kappa shape index (κ2) is 8.09. The average molecular weight is 349 g/mol. The Labute approximate surface area is 147 Å². The molecule has 0 unspecified atom stereocenters. The first-order valence-electron chi connectivity index (χ1n) is 8.55. The van der Waals surface area contributed by atoms with Gasteiger partial charge in [0.1, 0.15) is 11.9 Å². The van der Waals surface area contributed by atoms with Crippen molar-refractivity contribution in [3.63, 3.8) is 0 Å². The molecule has 0 aromatic heterocycles. The molecule has 7 heteroatoms. The zero-order chi connectivity index (χ0) is 18.6. The van der Waals surface area contributed by atoms with Crippen molar-refractivity contribution < 1.29 is 18.8 Å². The van der Waals surface area contributed by atoms with E-state index in [2.05, 4.69) is 5.32 Å². The van der Waals surface area contributed by atoms with Crippen LogP contribution in [0.5, 0.6) is 0 Å². The van der Waals surface area contributed by atoms with Crippen LogP contribution in [0.4, 0.5) is 10.1 Å². The second-order valence-electron chi connectivity index (χ2n) is 6.04. The third-order valence-corrected chi connectivity index (χ3v) is 4.40. The summed E-state index contributed by atoms with van der Waals surface area (Å²) < 4.78 is 13.8. The molecule has 6 nitrogen and oxygen atoms in total.